The van der Waals surface area contributed by atoms with E-state index >= 15 is 0 Å². The van der Waals surface area contributed by atoms with Crippen LogP contribution in [0.5, 0.6) is 0 Å². The van der Waals surface area contributed by atoms with Crippen molar-refractivity contribution in [1.29, 1.82) is 0 Å². The van der Waals surface area contributed by atoms with Crippen molar-refractivity contribution >= 4 is 0 Å². The highest BCUT2D eigenvalue weighted by molar-refractivity contribution is 5.01. The molecule has 0 radical (unpaired) electrons. The molecule has 0 spiro atoms. The van der Waals surface area contributed by atoms with Crippen LogP contribution in [-0.2, 0) is 17.9 Å². The molecule has 0 aliphatic carbocycles. The first kappa shape index (κ1) is 10.3. The minimum atomic E-state index is -0.0751. The van der Waals surface area contributed by atoms with Crippen molar-refractivity contribution in [2.45, 2.75) is 46.4 Å². The van der Waals surface area contributed by atoms with Crippen molar-refractivity contribution in [1.82, 2.24) is 9.78 Å². The molecule has 0 aromatic carbocycles. The van der Waals surface area contributed by atoms with E-state index in [1.165, 1.54) is 0 Å². The molecule has 1 rings (SSSR count). The number of aryl methyl sites for hydroxylation is 1. The van der Waals surface area contributed by atoms with Gasteiger partial charge in [0.2, 0.25) is 0 Å². The third-order valence-electron chi connectivity index (χ3n) is 1.68. The number of nitrogens with zero attached hydrogens (tertiary/aromatic N) is 2. The standard InChI is InChI=1S/C10H18N2O/c1-5-12-7-9(6-11-12)8-13-10(2,3)4/h6-7H,5,8H2,1-4H3. The van der Waals surface area contributed by atoms with E-state index in [2.05, 4.69) is 32.8 Å². The molecule has 1 aromatic rings. The highest BCUT2D eigenvalue weighted by Gasteiger charge is 2.10. The monoisotopic (exact) mass is 182 g/mol. The zero-order chi connectivity index (χ0) is 9.90. The van der Waals surface area contributed by atoms with Gasteiger partial charge in [-0.1, -0.05) is 0 Å². The number of ether oxygens (including phenoxy) is 1. The summed E-state index contributed by atoms with van der Waals surface area (Å²) < 4.78 is 7.52. The average Bonchev–Trinajstić information content (AvgIpc) is 2.47. The summed E-state index contributed by atoms with van der Waals surface area (Å²) in [5, 5.41) is 4.17. The molecule has 74 valence electrons. The molecule has 0 saturated heterocycles. The smallest absolute Gasteiger partial charge is 0.0754 e. The number of hydrogen-bond acceptors (Lipinski definition) is 2. The molecule has 1 heterocycles. The van der Waals surface area contributed by atoms with Crippen molar-refractivity contribution in [3.8, 4) is 0 Å². The van der Waals surface area contributed by atoms with Crippen LogP contribution in [0.2, 0.25) is 0 Å². The Morgan fingerprint density at radius 1 is 1.46 bits per heavy atom. The van der Waals surface area contributed by atoms with E-state index in [1.54, 1.807) is 0 Å². The Bertz CT molecular complexity index is 260. The van der Waals surface area contributed by atoms with Crippen LogP contribution in [0.3, 0.4) is 0 Å². The zero-order valence-electron chi connectivity index (χ0n) is 8.87. The van der Waals surface area contributed by atoms with Crippen molar-refractivity contribution < 1.29 is 4.74 Å². The lowest BCUT2D eigenvalue weighted by molar-refractivity contribution is -0.0149. The van der Waals surface area contributed by atoms with Crippen molar-refractivity contribution in [3.05, 3.63) is 18.0 Å². The fourth-order valence-electron chi connectivity index (χ4n) is 0.954. The Morgan fingerprint density at radius 3 is 2.62 bits per heavy atom. The van der Waals surface area contributed by atoms with Gasteiger partial charge in [0, 0.05) is 18.3 Å². The Kier molecular flexibility index (Phi) is 3.09. The lowest BCUT2D eigenvalue weighted by Gasteiger charge is -2.18. The van der Waals surface area contributed by atoms with Gasteiger partial charge in [0.15, 0.2) is 0 Å². The van der Waals surface area contributed by atoms with E-state index in [0.717, 1.165) is 12.1 Å². The maximum absolute atomic E-state index is 5.62. The van der Waals surface area contributed by atoms with Crippen LogP contribution in [0, 0.1) is 0 Å². The van der Waals surface area contributed by atoms with Gasteiger partial charge in [0.25, 0.3) is 0 Å². The molecular formula is C10H18N2O. The summed E-state index contributed by atoms with van der Waals surface area (Å²) in [4.78, 5) is 0. The molecule has 0 amide bonds. The minimum Gasteiger partial charge on any atom is -0.371 e. The van der Waals surface area contributed by atoms with Gasteiger partial charge in [0.05, 0.1) is 18.4 Å². The normalized spacial score (nSPS) is 12.0. The van der Waals surface area contributed by atoms with Gasteiger partial charge < -0.3 is 4.74 Å². The Balaban J connectivity index is 2.46. The van der Waals surface area contributed by atoms with Gasteiger partial charge in [0.1, 0.15) is 0 Å². The summed E-state index contributed by atoms with van der Waals surface area (Å²) in [5.74, 6) is 0. The maximum Gasteiger partial charge on any atom is 0.0754 e. The molecule has 0 bridgehead atoms. The van der Waals surface area contributed by atoms with Gasteiger partial charge >= 0.3 is 0 Å². The van der Waals surface area contributed by atoms with Crippen molar-refractivity contribution in [2.24, 2.45) is 0 Å². The van der Waals surface area contributed by atoms with Crippen LogP contribution in [0.15, 0.2) is 12.4 Å². The Morgan fingerprint density at radius 2 is 2.15 bits per heavy atom. The number of hydrogen-bond donors (Lipinski definition) is 0. The molecule has 3 nitrogen and oxygen atoms in total. The second-order valence-corrected chi connectivity index (χ2v) is 4.11. The zero-order valence-corrected chi connectivity index (χ0v) is 8.87. The predicted octanol–water partition coefficient (Wildman–Crippen LogP) is 2.22. The van der Waals surface area contributed by atoms with Crippen LogP contribution in [0.25, 0.3) is 0 Å². The van der Waals surface area contributed by atoms with E-state index in [9.17, 15) is 0 Å². The SMILES string of the molecule is CCn1cc(COC(C)(C)C)cn1. The second kappa shape index (κ2) is 3.92. The first-order chi connectivity index (χ1) is 6.01. The molecular weight excluding hydrogens is 164 g/mol. The molecule has 1 aromatic heterocycles. The number of aromatic nitrogens is 2. The summed E-state index contributed by atoms with van der Waals surface area (Å²) in [5.41, 5.74) is 1.06. The van der Waals surface area contributed by atoms with Gasteiger partial charge in [-0.2, -0.15) is 5.10 Å². The quantitative estimate of drug-likeness (QED) is 0.716. The summed E-state index contributed by atoms with van der Waals surface area (Å²) >= 11 is 0. The third kappa shape index (κ3) is 3.59. The summed E-state index contributed by atoms with van der Waals surface area (Å²) in [6, 6.07) is 0. The largest absolute Gasteiger partial charge is 0.371 e. The molecule has 3 heteroatoms. The third-order valence-corrected chi connectivity index (χ3v) is 1.68. The lowest BCUT2D eigenvalue weighted by atomic mass is 10.2. The molecule has 0 atom stereocenters. The maximum atomic E-state index is 5.62. The van der Waals surface area contributed by atoms with Crippen LogP contribution in [0.4, 0.5) is 0 Å². The topological polar surface area (TPSA) is 27.1 Å². The fourth-order valence-corrected chi connectivity index (χ4v) is 0.954. The van der Waals surface area contributed by atoms with E-state index in [4.69, 9.17) is 4.74 Å². The highest BCUT2D eigenvalue weighted by atomic mass is 16.5. The Hall–Kier alpha value is -0.830. The van der Waals surface area contributed by atoms with E-state index in [1.807, 2.05) is 17.1 Å². The minimum absolute atomic E-state index is 0.0751. The van der Waals surface area contributed by atoms with Crippen LogP contribution < -0.4 is 0 Å². The van der Waals surface area contributed by atoms with Crippen molar-refractivity contribution in [2.75, 3.05) is 0 Å². The lowest BCUT2D eigenvalue weighted by Crippen LogP contribution is -2.18. The summed E-state index contributed by atoms with van der Waals surface area (Å²) in [7, 11) is 0. The molecule has 13 heavy (non-hydrogen) atoms. The molecule has 0 aliphatic rings. The van der Waals surface area contributed by atoms with E-state index in [0.29, 0.717) is 6.61 Å². The summed E-state index contributed by atoms with van der Waals surface area (Å²) in [6.07, 6.45) is 3.88. The molecule has 0 fully saturated rings. The summed E-state index contributed by atoms with van der Waals surface area (Å²) in [6.45, 7) is 9.78. The molecule has 0 aliphatic heterocycles. The second-order valence-electron chi connectivity index (χ2n) is 4.11. The van der Waals surface area contributed by atoms with Crippen LogP contribution in [-0.4, -0.2) is 15.4 Å². The fraction of sp³-hybridized carbons (Fsp3) is 0.700. The van der Waals surface area contributed by atoms with Crippen molar-refractivity contribution in [3.63, 3.8) is 0 Å². The van der Waals surface area contributed by atoms with E-state index in [-0.39, 0.29) is 5.60 Å². The van der Waals surface area contributed by atoms with Crippen LogP contribution >= 0.6 is 0 Å². The first-order valence-corrected chi connectivity index (χ1v) is 4.66. The van der Waals surface area contributed by atoms with Gasteiger partial charge in [-0.15, -0.1) is 0 Å². The number of rotatable bonds is 3. The van der Waals surface area contributed by atoms with Crippen LogP contribution in [0.1, 0.15) is 33.3 Å². The molecule has 0 unspecified atom stereocenters. The molecule has 0 N–H and O–H groups in total. The molecule has 0 saturated carbocycles. The highest BCUT2D eigenvalue weighted by Crippen LogP contribution is 2.10. The average molecular weight is 182 g/mol. The van der Waals surface area contributed by atoms with Gasteiger partial charge in [-0.05, 0) is 27.7 Å². The van der Waals surface area contributed by atoms with Gasteiger partial charge in [-0.3, -0.25) is 4.68 Å². The van der Waals surface area contributed by atoms with Gasteiger partial charge in [-0.25, -0.2) is 0 Å². The van der Waals surface area contributed by atoms with E-state index < -0.39 is 0 Å². The predicted molar refractivity (Wildman–Crippen MR) is 52.4 cm³/mol. The Labute approximate surface area is 79.7 Å². The first-order valence-electron chi connectivity index (χ1n) is 4.66.